The van der Waals surface area contributed by atoms with Gasteiger partial charge in [-0.15, -0.1) is 0 Å². The Hall–Kier alpha value is -2.28. The molecule has 2 aromatic carbocycles. The monoisotopic (exact) mass is 359 g/mol. The highest BCUT2D eigenvalue weighted by Gasteiger charge is 2.51. The van der Waals surface area contributed by atoms with E-state index in [1.54, 1.807) is 0 Å². The molecular formula is C16H10ClF4NO2. The van der Waals surface area contributed by atoms with Crippen LogP contribution < -0.4 is 10.1 Å². The van der Waals surface area contributed by atoms with Crippen molar-refractivity contribution in [2.45, 2.75) is 11.8 Å². The highest BCUT2D eigenvalue weighted by molar-refractivity contribution is 6.30. The summed E-state index contributed by atoms with van der Waals surface area (Å²) in [4.78, 5) is 12.2. The minimum atomic E-state index is -4.60. The summed E-state index contributed by atoms with van der Waals surface area (Å²) in [6, 6.07) is 6.42. The van der Waals surface area contributed by atoms with E-state index in [2.05, 4.69) is 5.32 Å². The molecule has 2 aromatic rings. The van der Waals surface area contributed by atoms with Gasteiger partial charge in [0.1, 0.15) is 5.75 Å². The van der Waals surface area contributed by atoms with E-state index < -0.39 is 23.3 Å². The van der Waals surface area contributed by atoms with Crippen molar-refractivity contribution in [3.8, 4) is 5.75 Å². The average Bonchev–Trinajstić information content (AvgIpc) is 2.78. The van der Waals surface area contributed by atoms with Crippen molar-refractivity contribution in [3.05, 3.63) is 58.1 Å². The van der Waals surface area contributed by atoms with Gasteiger partial charge in [0.25, 0.3) is 5.91 Å². The molecule has 3 nitrogen and oxygen atoms in total. The molecule has 0 radical (unpaired) electrons. The molecule has 126 valence electrons. The summed E-state index contributed by atoms with van der Waals surface area (Å²) in [5.74, 6) is -1.04. The maximum absolute atomic E-state index is 15.7. The lowest BCUT2D eigenvalue weighted by molar-refractivity contribution is -0.137. The van der Waals surface area contributed by atoms with Gasteiger partial charge in [-0.1, -0.05) is 17.7 Å². The first-order valence-electron chi connectivity index (χ1n) is 6.74. The fraction of sp³-hybridized carbons (Fsp3) is 0.188. The SMILES string of the molecule is COc1ccc(Cl)cc1C1(F)C(=O)Nc2cc(C(F)(F)F)ccc21. The Kier molecular flexibility index (Phi) is 3.71. The van der Waals surface area contributed by atoms with Gasteiger partial charge in [0.15, 0.2) is 0 Å². The predicted molar refractivity (Wildman–Crippen MR) is 80.0 cm³/mol. The van der Waals surface area contributed by atoms with Crippen LogP contribution in [0, 0.1) is 0 Å². The lowest BCUT2D eigenvalue weighted by Crippen LogP contribution is -2.31. The molecule has 1 atom stereocenters. The molecule has 1 aliphatic rings. The Balaban J connectivity index is 2.21. The number of ether oxygens (including phenoxy) is 1. The number of hydrogen-bond acceptors (Lipinski definition) is 2. The van der Waals surface area contributed by atoms with Gasteiger partial charge in [0.05, 0.1) is 12.7 Å². The summed E-state index contributed by atoms with van der Waals surface area (Å²) in [5.41, 5.74) is -4.31. The second kappa shape index (κ2) is 5.37. The maximum atomic E-state index is 15.7. The van der Waals surface area contributed by atoms with E-state index in [1.807, 2.05) is 0 Å². The van der Waals surface area contributed by atoms with Gasteiger partial charge in [-0.25, -0.2) is 4.39 Å². The van der Waals surface area contributed by atoms with Crippen LogP contribution in [0.25, 0.3) is 0 Å². The Bertz CT molecular complexity index is 837. The van der Waals surface area contributed by atoms with Gasteiger partial charge < -0.3 is 10.1 Å². The molecule has 0 spiro atoms. The second-order valence-electron chi connectivity index (χ2n) is 5.22. The number of amides is 1. The molecular weight excluding hydrogens is 350 g/mol. The standard InChI is InChI=1S/C16H10ClF4NO2/c1-24-13-5-3-9(17)7-11(13)15(18)10-4-2-8(16(19,20)21)6-12(10)22-14(15)23/h2-7H,1H3,(H,22,23). The van der Waals surface area contributed by atoms with E-state index in [0.717, 1.165) is 12.1 Å². The highest BCUT2D eigenvalue weighted by Crippen LogP contribution is 2.48. The zero-order valence-corrected chi connectivity index (χ0v) is 12.9. The summed E-state index contributed by atoms with van der Waals surface area (Å²) < 4.78 is 59.1. The molecule has 1 N–H and O–H groups in total. The number of alkyl halides is 4. The van der Waals surface area contributed by atoms with E-state index in [-0.39, 0.29) is 27.6 Å². The van der Waals surface area contributed by atoms with Crippen LogP contribution in [-0.2, 0) is 16.6 Å². The lowest BCUT2D eigenvalue weighted by atomic mass is 9.88. The normalized spacial score (nSPS) is 19.8. The molecule has 1 heterocycles. The van der Waals surface area contributed by atoms with Gasteiger partial charge in [-0.2, -0.15) is 13.2 Å². The molecule has 3 rings (SSSR count). The fourth-order valence-electron chi connectivity index (χ4n) is 2.67. The first-order chi connectivity index (χ1) is 11.2. The van der Waals surface area contributed by atoms with Gasteiger partial charge in [0, 0.05) is 21.8 Å². The molecule has 0 fully saturated rings. The molecule has 0 saturated heterocycles. The molecule has 0 aliphatic carbocycles. The van der Waals surface area contributed by atoms with Gasteiger partial charge in [0.2, 0.25) is 5.67 Å². The number of carbonyl (C=O) groups is 1. The van der Waals surface area contributed by atoms with Crippen LogP contribution in [0.3, 0.4) is 0 Å². The van der Waals surface area contributed by atoms with Crippen LogP contribution in [0.4, 0.5) is 23.2 Å². The Morgan fingerprint density at radius 1 is 1.12 bits per heavy atom. The van der Waals surface area contributed by atoms with E-state index in [0.29, 0.717) is 6.07 Å². The van der Waals surface area contributed by atoms with Gasteiger partial charge >= 0.3 is 6.18 Å². The molecule has 0 bridgehead atoms. The lowest BCUT2D eigenvalue weighted by Gasteiger charge is -2.21. The number of carbonyl (C=O) groups excluding carboxylic acids is 1. The summed E-state index contributed by atoms with van der Waals surface area (Å²) in [5, 5.41) is 2.32. The zero-order chi connectivity index (χ0) is 17.7. The van der Waals surface area contributed by atoms with Crippen LogP contribution >= 0.6 is 11.6 Å². The number of fused-ring (bicyclic) bond motifs is 1. The van der Waals surface area contributed by atoms with Crippen molar-refractivity contribution < 1.29 is 27.1 Å². The van der Waals surface area contributed by atoms with Crippen molar-refractivity contribution in [1.82, 2.24) is 0 Å². The maximum Gasteiger partial charge on any atom is 0.416 e. The Labute approximate surface area is 139 Å². The van der Waals surface area contributed by atoms with Gasteiger partial charge in [-0.3, -0.25) is 4.79 Å². The van der Waals surface area contributed by atoms with E-state index in [9.17, 15) is 18.0 Å². The summed E-state index contributed by atoms with van der Waals surface area (Å²) >= 11 is 5.87. The third-order valence-electron chi connectivity index (χ3n) is 3.81. The first kappa shape index (κ1) is 16.6. The summed E-state index contributed by atoms with van der Waals surface area (Å²) in [6.07, 6.45) is -4.60. The Morgan fingerprint density at radius 3 is 2.46 bits per heavy atom. The van der Waals surface area contributed by atoms with Crippen molar-refractivity contribution >= 4 is 23.2 Å². The van der Waals surface area contributed by atoms with Crippen LogP contribution in [0.5, 0.6) is 5.75 Å². The number of rotatable bonds is 2. The van der Waals surface area contributed by atoms with E-state index in [4.69, 9.17) is 16.3 Å². The van der Waals surface area contributed by atoms with E-state index in [1.165, 1.54) is 25.3 Å². The first-order valence-corrected chi connectivity index (χ1v) is 7.12. The minimum absolute atomic E-state index is 0.0600. The average molecular weight is 360 g/mol. The Morgan fingerprint density at radius 2 is 1.83 bits per heavy atom. The molecule has 8 heteroatoms. The molecule has 0 saturated carbocycles. The van der Waals surface area contributed by atoms with Crippen molar-refractivity contribution in [2.75, 3.05) is 12.4 Å². The third kappa shape index (κ3) is 2.39. The summed E-state index contributed by atoms with van der Waals surface area (Å²) in [7, 11) is 1.29. The van der Waals surface area contributed by atoms with Crippen LogP contribution in [0.1, 0.15) is 16.7 Å². The highest BCUT2D eigenvalue weighted by atomic mass is 35.5. The van der Waals surface area contributed by atoms with Crippen molar-refractivity contribution in [1.29, 1.82) is 0 Å². The van der Waals surface area contributed by atoms with Crippen LogP contribution in [0.15, 0.2) is 36.4 Å². The van der Waals surface area contributed by atoms with Crippen LogP contribution in [-0.4, -0.2) is 13.0 Å². The molecule has 0 aromatic heterocycles. The van der Waals surface area contributed by atoms with Crippen LogP contribution in [0.2, 0.25) is 5.02 Å². The number of hydrogen-bond donors (Lipinski definition) is 1. The van der Waals surface area contributed by atoms with Crippen molar-refractivity contribution in [2.24, 2.45) is 0 Å². The van der Waals surface area contributed by atoms with E-state index >= 15 is 4.39 Å². The topological polar surface area (TPSA) is 38.3 Å². The number of halogens is 5. The largest absolute Gasteiger partial charge is 0.496 e. The quantitative estimate of drug-likeness (QED) is 0.800. The number of methoxy groups -OCH3 is 1. The number of benzene rings is 2. The summed E-state index contributed by atoms with van der Waals surface area (Å²) in [6.45, 7) is 0. The number of nitrogens with one attached hydrogen (secondary N) is 1. The van der Waals surface area contributed by atoms with Gasteiger partial charge in [-0.05, 0) is 30.3 Å². The number of anilines is 1. The molecule has 1 unspecified atom stereocenters. The minimum Gasteiger partial charge on any atom is -0.496 e. The zero-order valence-electron chi connectivity index (χ0n) is 12.2. The smallest absolute Gasteiger partial charge is 0.416 e. The molecule has 24 heavy (non-hydrogen) atoms. The molecule has 1 amide bonds. The fourth-order valence-corrected chi connectivity index (χ4v) is 2.84. The third-order valence-corrected chi connectivity index (χ3v) is 4.05. The van der Waals surface area contributed by atoms with Crippen molar-refractivity contribution in [3.63, 3.8) is 0 Å². The second-order valence-corrected chi connectivity index (χ2v) is 5.65. The predicted octanol–water partition coefficient (Wildman–Crippen LogP) is 4.53. The molecule has 1 aliphatic heterocycles.